The summed E-state index contributed by atoms with van der Waals surface area (Å²) < 4.78 is 24.3. The summed E-state index contributed by atoms with van der Waals surface area (Å²) in [4.78, 5) is 22.6. The summed E-state index contributed by atoms with van der Waals surface area (Å²) in [7, 11) is 0. The van der Waals surface area contributed by atoms with E-state index in [9.17, 15) is 18.4 Å². The van der Waals surface area contributed by atoms with E-state index in [0.29, 0.717) is 22.2 Å². The molecule has 20 heavy (non-hydrogen) atoms. The Morgan fingerprint density at radius 1 is 1.30 bits per heavy atom. The quantitative estimate of drug-likeness (QED) is 0.760. The fourth-order valence-corrected chi connectivity index (χ4v) is 2.03. The van der Waals surface area contributed by atoms with Gasteiger partial charge in [-0.25, -0.2) is 0 Å². The summed E-state index contributed by atoms with van der Waals surface area (Å²) in [6.07, 6.45) is -0.0236. The smallest absolute Gasteiger partial charge is 0.303 e. The maximum atomic E-state index is 12.1. The number of rotatable bonds is 7. The number of alkyl halides is 2. The van der Waals surface area contributed by atoms with Crippen molar-refractivity contribution < 1.29 is 23.5 Å². The highest BCUT2D eigenvalue weighted by molar-refractivity contribution is 7.99. The molecule has 1 atom stereocenters. The molecule has 0 spiro atoms. The number of carbonyl (C=O) groups is 2. The van der Waals surface area contributed by atoms with Crippen LogP contribution < -0.4 is 5.32 Å². The number of hydrogen-bond acceptors (Lipinski definition) is 3. The molecule has 0 fully saturated rings. The molecule has 0 saturated heterocycles. The zero-order chi connectivity index (χ0) is 15.1. The van der Waals surface area contributed by atoms with Crippen LogP contribution in [0.1, 0.15) is 23.7 Å². The van der Waals surface area contributed by atoms with Crippen LogP contribution in [-0.2, 0) is 4.79 Å². The number of hydrogen-bond donors (Lipinski definition) is 2. The standard InChI is InChI=1S/C13H15F2NO3S/c1-8(6-11(17)18)7-16-12(19)9-2-4-10(5-3-9)20-13(14)15/h2-5,8,13H,6-7H2,1H3,(H,16,19)(H,17,18). The maximum Gasteiger partial charge on any atom is 0.303 e. The molecule has 1 amide bonds. The highest BCUT2D eigenvalue weighted by atomic mass is 32.2. The molecule has 2 N–H and O–H groups in total. The third kappa shape index (κ3) is 6.01. The van der Waals surface area contributed by atoms with Gasteiger partial charge in [-0.15, -0.1) is 0 Å². The van der Waals surface area contributed by atoms with E-state index in [2.05, 4.69) is 5.32 Å². The minimum absolute atomic E-state index is 0.0236. The number of carboxylic acid groups (broad SMARTS) is 1. The summed E-state index contributed by atoms with van der Waals surface area (Å²) >= 11 is 0.414. The molecule has 0 aliphatic carbocycles. The van der Waals surface area contributed by atoms with Gasteiger partial charge >= 0.3 is 5.97 Å². The molecule has 4 nitrogen and oxygen atoms in total. The largest absolute Gasteiger partial charge is 0.481 e. The third-order valence-corrected chi connectivity index (χ3v) is 3.20. The predicted molar refractivity (Wildman–Crippen MR) is 72.1 cm³/mol. The van der Waals surface area contributed by atoms with Crippen LogP contribution in [0.15, 0.2) is 29.2 Å². The number of aliphatic carboxylic acids is 1. The first-order valence-electron chi connectivity index (χ1n) is 5.93. The lowest BCUT2D eigenvalue weighted by atomic mass is 10.1. The highest BCUT2D eigenvalue weighted by Gasteiger charge is 2.11. The molecule has 1 unspecified atom stereocenters. The lowest BCUT2D eigenvalue weighted by Crippen LogP contribution is -2.29. The second kappa shape index (κ2) is 7.84. The molecule has 7 heteroatoms. The van der Waals surface area contributed by atoms with E-state index in [1.807, 2.05) is 0 Å². The van der Waals surface area contributed by atoms with Crippen LogP contribution in [0.25, 0.3) is 0 Å². The molecule has 1 aromatic rings. The number of benzene rings is 1. The normalized spacial score (nSPS) is 12.2. The second-order valence-corrected chi connectivity index (χ2v) is 5.38. The summed E-state index contributed by atoms with van der Waals surface area (Å²) in [6.45, 7) is 1.97. The molecule has 0 aromatic heterocycles. The number of halogens is 2. The zero-order valence-corrected chi connectivity index (χ0v) is 11.6. The zero-order valence-electron chi connectivity index (χ0n) is 10.8. The van der Waals surface area contributed by atoms with Crippen molar-refractivity contribution in [3.8, 4) is 0 Å². The van der Waals surface area contributed by atoms with E-state index in [4.69, 9.17) is 5.11 Å². The summed E-state index contributed by atoms with van der Waals surface area (Å²) in [6, 6.07) is 5.82. The van der Waals surface area contributed by atoms with Crippen molar-refractivity contribution in [3.05, 3.63) is 29.8 Å². The first-order chi connectivity index (χ1) is 9.38. The van der Waals surface area contributed by atoms with Crippen LogP contribution >= 0.6 is 11.8 Å². The third-order valence-electron chi connectivity index (χ3n) is 2.48. The van der Waals surface area contributed by atoms with E-state index < -0.39 is 11.7 Å². The molecular formula is C13H15F2NO3S. The van der Waals surface area contributed by atoms with E-state index in [0.717, 1.165) is 0 Å². The van der Waals surface area contributed by atoms with Gasteiger partial charge in [-0.3, -0.25) is 9.59 Å². The maximum absolute atomic E-state index is 12.1. The van der Waals surface area contributed by atoms with Gasteiger partial charge in [0.1, 0.15) is 0 Å². The molecule has 0 aliphatic rings. The fraction of sp³-hybridized carbons (Fsp3) is 0.385. The van der Waals surface area contributed by atoms with Gasteiger partial charge in [0, 0.05) is 23.4 Å². The van der Waals surface area contributed by atoms with Crippen LogP contribution in [0.4, 0.5) is 8.78 Å². The van der Waals surface area contributed by atoms with Crippen molar-refractivity contribution in [2.45, 2.75) is 24.0 Å². The van der Waals surface area contributed by atoms with E-state index >= 15 is 0 Å². The highest BCUT2D eigenvalue weighted by Crippen LogP contribution is 2.25. The van der Waals surface area contributed by atoms with Crippen LogP contribution in [0, 0.1) is 5.92 Å². The molecule has 0 aliphatic heterocycles. The Balaban J connectivity index is 2.49. The number of carbonyl (C=O) groups excluding carboxylic acids is 1. The van der Waals surface area contributed by atoms with Crippen molar-refractivity contribution in [2.24, 2.45) is 5.92 Å². The molecule has 0 radical (unpaired) electrons. The molecule has 110 valence electrons. The van der Waals surface area contributed by atoms with E-state index in [1.165, 1.54) is 24.3 Å². The van der Waals surface area contributed by atoms with Crippen LogP contribution in [-0.4, -0.2) is 29.3 Å². The van der Waals surface area contributed by atoms with Crippen LogP contribution in [0.5, 0.6) is 0 Å². The first-order valence-corrected chi connectivity index (χ1v) is 6.81. The van der Waals surface area contributed by atoms with Gasteiger partial charge < -0.3 is 10.4 Å². The van der Waals surface area contributed by atoms with E-state index in [-0.39, 0.29) is 24.8 Å². The van der Waals surface area contributed by atoms with Gasteiger partial charge in [-0.2, -0.15) is 8.78 Å². The van der Waals surface area contributed by atoms with Crippen molar-refractivity contribution >= 4 is 23.6 Å². The summed E-state index contributed by atoms with van der Waals surface area (Å²) in [5.74, 6) is -3.94. The molecule has 1 rings (SSSR count). The number of amides is 1. The minimum atomic E-state index is -2.49. The Labute approximate surface area is 119 Å². The Bertz CT molecular complexity index is 465. The van der Waals surface area contributed by atoms with Gasteiger partial charge in [0.2, 0.25) is 0 Å². The molecule has 1 aromatic carbocycles. The van der Waals surface area contributed by atoms with Crippen LogP contribution in [0.3, 0.4) is 0 Å². The van der Waals surface area contributed by atoms with Gasteiger partial charge in [0.25, 0.3) is 11.7 Å². The van der Waals surface area contributed by atoms with Crippen LogP contribution in [0.2, 0.25) is 0 Å². The Kier molecular flexibility index (Phi) is 6.44. The summed E-state index contributed by atoms with van der Waals surface area (Å²) in [5.41, 5.74) is 0.353. The lowest BCUT2D eigenvalue weighted by molar-refractivity contribution is -0.137. The number of nitrogens with one attached hydrogen (secondary N) is 1. The van der Waals surface area contributed by atoms with E-state index in [1.54, 1.807) is 6.92 Å². The van der Waals surface area contributed by atoms with Gasteiger partial charge in [0.15, 0.2) is 0 Å². The van der Waals surface area contributed by atoms with Gasteiger partial charge in [-0.1, -0.05) is 18.7 Å². The molecule has 0 bridgehead atoms. The Hall–Kier alpha value is -1.63. The number of thioether (sulfide) groups is 1. The van der Waals surface area contributed by atoms with Crippen molar-refractivity contribution in [3.63, 3.8) is 0 Å². The average Bonchev–Trinajstić information content (AvgIpc) is 2.35. The SMILES string of the molecule is CC(CNC(=O)c1ccc(SC(F)F)cc1)CC(=O)O. The Morgan fingerprint density at radius 3 is 2.40 bits per heavy atom. The van der Waals surface area contributed by atoms with Gasteiger partial charge in [0.05, 0.1) is 0 Å². The first kappa shape index (κ1) is 16.4. The lowest BCUT2D eigenvalue weighted by Gasteiger charge is -2.10. The van der Waals surface area contributed by atoms with Crippen molar-refractivity contribution in [2.75, 3.05) is 6.54 Å². The molecule has 0 heterocycles. The van der Waals surface area contributed by atoms with Gasteiger partial charge in [-0.05, 0) is 30.2 Å². The molecular weight excluding hydrogens is 288 g/mol. The fourth-order valence-electron chi connectivity index (χ4n) is 1.53. The monoisotopic (exact) mass is 303 g/mol. The molecule has 0 saturated carbocycles. The number of carboxylic acids is 1. The predicted octanol–water partition coefficient (Wildman–Crippen LogP) is 2.84. The second-order valence-electron chi connectivity index (χ2n) is 4.32. The topological polar surface area (TPSA) is 66.4 Å². The Morgan fingerprint density at radius 2 is 1.90 bits per heavy atom. The average molecular weight is 303 g/mol. The van der Waals surface area contributed by atoms with Crippen molar-refractivity contribution in [1.29, 1.82) is 0 Å². The van der Waals surface area contributed by atoms with Crippen molar-refractivity contribution in [1.82, 2.24) is 5.32 Å². The minimum Gasteiger partial charge on any atom is -0.481 e. The summed E-state index contributed by atoms with van der Waals surface area (Å²) in [5, 5.41) is 11.2.